The number of aliphatic carboxylic acids is 1. The predicted octanol–water partition coefficient (Wildman–Crippen LogP) is 4.30. The second-order valence-corrected chi connectivity index (χ2v) is 9.00. The second-order valence-electron chi connectivity index (χ2n) is 8.17. The SMILES string of the molecule is COc1ccc(OC)c(-c2csc(N(C)Cc3ccc(C(=O)NC(C(=O)O)C(C)C)cc3)n2)c1. The minimum Gasteiger partial charge on any atom is -0.497 e. The van der Waals surface area contributed by atoms with Crippen LogP contribution in [0.25, 0.3) is 11.3 Å². The topological polar surface area (TPSA) is 101 Å². The van der Waals surface area contributed by atoms with Crippen molar-refractivity contribution in [2.75, 3.05) is 26.2 Å². The Hall–Kier alpha value is -3.59. The molecule has 1 unspecified atom stereocenters. The molecule has 3 aromatic rings. The molecule has 1 atom stereocenters. The van der Waals surface area contributed by atoms with E-state index in [-0.39, 0.29) is 5.92 Å². The number of ether oxygens (including phenoxy) is 2. The lowest BCUT2D eigenvalue weighted by Gasteiger charge is -2.18. The Bertz CT molecular complexity index is 1140. The van der Waals surface area contributed by atoms with E-state index >= 15 is 0 Å². The van der Waals surface area contributed by atoms with Gasteiger partial charge < -0.3 is 24.8 Å². The van der Waals surface area contributed by atoms with Crippen molar-refractivity contribution >= 4 is 28.3 Å². The molecule has 0 aliphatic carbocycles. The van der Waals surface area contributed by atoms with Crippen molar-refractivity contribution in [3.8, 4) is 22.8 Å². The van der Waals surface area contributed by atoms with Crippen molar-refractivity contribution in [1.82, 2.24) is 10.3 Å². The number of carboxylic acids is 1. The highest BCUT2D eigenvalue weighted by molar-refractivity contribution is 7.14. The highest BCUT2D eigenvalue weighted by atomic mass is 32.1. The number of hydrogen-bond donors (Lipinski definition) is 2. The first-order valence-corrected chi connectivity index (χ1v) is 11.6. The van der Waals surface area contributed by atoms with Crippen molar-refractivity contribution in [2.45, 2.75) is 26.4 Å². The highest BCUT2D eigenvalue weighted by Gasteiger charge is 2.24. The summed E-state index contributed by atoms with van der Waals surface area (Å²) in [5.74, 6) is -0.217. The largest absolute Gasteiger partial charge is 0.497 e. The van der Waals surface area contributed by atoms with Crippen molar-refractivity contribution in [2.24, 2.45) is 5.92 Å². The van der Waals surface area contributed by atoms with E-state index in [9.17, 15) is 14.7 Å². The second kappa shape index (κ2) is 11.0. The van der Waals surface area contributed by atoms with Crippen LogP contribution in [0.2, 0.25) is 0 Å². The number of carboxylic acid groups (broad SMARTS) is 1. The van der Waals surface area contributed by atoms with Crippen LogP contribution in [0, 0.1) is 5.92 Å². The Morgan fingerprint density at radius 3 is 2.41 bits per heavy atom. The number of rotatable bonds is 10. The molecule has 1 amide bonds. The van der Waals surface area contributed by atoms with E-state index < -0.39 is 17.9 Å². The Kier molecular flexibility index (Phi) is 8.12. The van der Waals surface area contributed by atoms with Gasteiger partial charge in [-0.05, 0) is 41.8 Å². The maximum atomic E-state index is 12.4. The van der Waals surface area contributed by atoms with Gasteiger partial charge in [-0.2, -0.15) is 0 Å². The maximum Gasteiger partial charge on any atom is 0.326 e. The standard InChI is InChI=1S/C25H29N3O5S/c1-15(2)22(24(30)31)27-23(29)17-8-6-16(7-9-17)13-28(3)25-26-20(14-34-25)19-12-18(32-4)10-11-21(19)33-5/h6-12,14-15,22H,13H2,1-5H3,(H,27,29)(H,30,31). The molecule has 0 spiro atoms. The van der Waals surface area contributed by atoms with Gasteiger partial charge in [-0.3, -0.25) is 4.79 Å². The smallest absolute Gasteiger partial charge is 0.326 e. The lowest BCUT2D eigenvalue weighted by molar-refractivity contribution is -0.140. The number of nitrogens with one attached hydrogen (secondary N) is 1. The van der Waals surface area contributed by atoms with Gasteiger partial charge in [-0.25, -0.2) is 9.78 Å². The van der Waals surface area contributed by atoms with Crippen LogP contribution in [-0.2, 0) is 11.3 Å². The monoisotopic (exact) mass is 483 g/mol. The minimum atomic E-state index is -1.05. The summed E-state index contributed by atoms with van der Waals surface area (Å²) in [4.78, 5) is 30.6. The number of hydrogen-bond acceptors (Lipinski definition) is 7. The minimum absolute atomic E-state index is 0.213. The number of methoxy groups -OCH3 is 2. The Labute approximate surface area is 203 Å². The fourth-order valence-electron chi connectivity index (χ4n) is 3.42. The van der Waals surface area contributed by atoms with Gasteiger partial charge in [0.1, 0.15) is 17.5 Å². The normalized spacial score (nSPS) is 11.7. The molecular formula is C25H29N3O5S. The zero-order valence-electron chi connectivity index (χ0n) is 19.9. The molecule has 9 heteroatoms. The molecule has 180 valence electrons. The van der Waals surface area contributed by atoms with Gasteiger partial charge in [-0.15, -0.1) is 11.3 Å². The summed E-state index contributed by atoms with van der Waals surface area (Å²) < 4.78 is 10.8. The number of nitrogens with zero attached hydrogens (tertiary/aromatic N) is 2. The number of aromatic nitrogens is 1. The number of carbonyl (C=O) groups is 2. The van der Waals surface area contributed by atoms with Crippen LogP contribution in [0.15, 0.2) is 47.8 Å². The van der Waals surface area contributed by atoms with E-state index in [1.807, 2.05) is 47.7 Å². The Balaban J connectivity index is 1.69. The summed E-state index contributed by atoms with van der Waals surface area (Å²) in [6.45, 7) is 4.10. The summed E-state index contributed by atoms with van der Waals surface area (Å²) in [5, 5.41) is 14.7. The molecule has 1 aromatic heterocycles. The molecule has 34 heavy (non-hydrogen) atoms. The summed E-state index contributed by atoms with van der Waals surface area (Å²) in [6, 6.07) is 11.8. The first-order valence-electron chi connectivity index (χ1n) is 10.7. The predicted molar refractivity (Wildman–Crippen MR) is 133 cm³/mol. The third-order valence-corrected chi connectivity index (χ3v) is 6.31. The molecule has 8 nitrogen and oxygen atoms in total. The number of benzene rings is 2. The fourth-order valence-corrected chi connectivity index (χ4v) is 4.21. The number of amides is 1. The lowest BCUT2D eigenvalue weighted by atomic mass is 10.0. The zero-order valence-corrected chi connectivity index (χ0v) is 20.7. The van der Waals surface area contributed by atoms with Crippen LogP contribution in [0.5, 0.6) is 11.5 Å². The van der Waals surface area contributed by atoms with Crippen LogP contribution in [0.1, 0.15) is 29.8 Å². The Morgan fingerprint density at radius 2 is 1.82 bits per heavy atom. The van der Waals surface area contributed by atoms with Crippen LogP contribution < -0.4 is 19.7 Å². The third-order valence-electron chi connectivity index (χ3n) is 5.36. The molecule has 0 saturated heterocycles. The van der Waals surface area contributed by atoms with E-state index in [0.29, 0.717) is 12.1 Å². The maximum absolute atomic E-state index is 12.4. The first-order chi connectivity index (χ1) is 16.2. The number of carbonyl (C=O) groups excluding carboxylic acids is 1. The van der Waals surface area contributed by atoms with Crippen molar-refractivity contribution in [1.29, 1.82) is 0 Å². The van der Waals surface area contributed by atoms with Crippen LogP contribution in [-0.4, -0.2) is 49.3 Å². The van der Waals surface area contributed by atoms with E-state index in [1.54, 1.807) is 40.2 Å². The van der Waals surface area contributed by atoms with Crippen molar-refractivity contribution in [3.63, 3.8) is 0 Å². The highest BCUT2D eigenvalue weighted by Crippen LogP contribution is 2.35. The van der Waals surface area contributed by atoms with Gasteiger partial charge in [0.2, 0.25) is 0 Å². The molecule has 1 heterocycles. The van der Waals surface area contributed by atoms with E-state index in [1.165, 1.54) is 11.3 Å². The average Bonchev–Trinajstić information content (AvgIpc) is 3.32. The zero-order chi connectivity index (χ0) is 24.8. The molecule has 0 saturated carbocycles. The third kappa shape index (κ3) is 5.85. The van der Waals surface area contributed by atoms with Crippen LogP contribution in [0.4, 0.5) is 5.13 Å². The Morgan fingerprint density at radius 1 is 1.12 bits per heavy atom. The van der Waals surface area contributed by atoms with Gasteiger partial charge in [0.05, 0.1) is 19.9 Å². The van der Waals surface area contributed by atoms with Gasteiger partial charge in [-0.1, -0.05) is 26.0 Å². The molecule has 0 bridgehead atoms. The molecule has 0 radical (unpaired) electrons. The van der Waals surface area contributed by atoms with E-state index in [4.69, 9.17) is 14.5 Å². The van der Waals surface area contributed by atoms with Crippen molar-refractivity contribution in [3.05, 3.63) is 59.0 Å². The van der Waals surface area contributed by atoms with Crippen molar-refractivity contribution < 1.29 is 24.2 Å². The number of thiazole rings is 1. The lowest BCUT2D eigenvalue weighted by Crippen LogP contribution is -2.44. The molecule has 2 N–H and O–H groups in total. The molecule has 0 fully saturated rings. The average molecular weight is 484 g/mol. The van der Waals surface area contributed by atoms with Gasteiger partial charge in [0, 0.05) is 30.1 Å². The molecular weight excluding hydrogens is 454 g/mol. The summed E-state index contributed by atoms with van der Waals surface area (Å²) in [7, 11) is 5.20. The summed E-state index contributed by atoms with van der Waals surface area (Å²) >= 11 is 1.52. The first kappa shape index (κ1) is 25.0. The van der Waals surface area contributed by atoms with Gasteiger partial charge in [0.25, 0.3) is 5.91 Å². The van der Waals surface area contributed by atoms with Crippen LogP contribution in [0.3, 0.4) is 0 Å². The molecule has 2 aromatic carbocycles. The summed E-state index contributed by atoms with van der Waals surface area (Å²) in [6.07, 6.45) is 0. The molecule has 3 rings (SSSR count). The van der Waals surface area contributed by atoms with Crippen LogP contribution >= 0.6 is 11.3 Å². The van der Waals surface area contributed by atoms with E-state index in [0.717, 1.165) is 33.5 Å². The quantitative estimate of drug-likeness (QED) is 0.443. The fraction of sp³-hybridized carbons (Fsp3) is 0.320. The number of anilines is 1. The van der Waals surface area contributed by atoms with E-state index in [2.05, 4.69) is 5.32 Å². The molecule has 0 aliphatic rings. The van der Waals surface area contributed by atoms with Gasteiger partial charge in [0.15, 0.2) is 5.13 Å². The van der Waals surface area contributed by atoms with Gasteiger partial charge >= 0.3 is 5.97 Å². The summed E-state index contributed by atoms with van der Waals surface area (Å²) in [5.41, 5.74) is 3.07. The molecule has 0 aliphatic heterocycles.